The number of hydrogen-bond donors (Lipinski definition) is 2. The van der Waals surface area contributed by atoms with Crippen LogP contribution in [0.15, 0.2) is 21.7 Å². The van der Waals surface area contributed by atoms with Crippen LogP contribution in [0, 0.1) is 0 Å². The Morgan fingerprint density at radius 3 is 2.82 bits per heavy atom. The quantitative estimate of drug-likeness (QED) is 0.750. The second-order valence-electron chi connectivity index (χ2n) is 4.47. The molecule has 1 atom stereocenters. The molecule has 0 saturated carbocycles. The van der Waals surface area contributed by atoms with Gasteiger partial charge in [0.1, 0.15) is 5.54 Å². The van der Waals surface area contributed by atoms with E-state index in [-0.39, 0.29) is 6.04 Å². The Morgan fingerprint density at radius 2 is 2.35 bits per heavy atom. The highest BCUT2D eigenvalue weighted by molar-refractivity contribution is 8.01. The van der Waals surface area contributed by atoms with Gasteiger partial charge in [0.05, 0.1) is 4.21 Å². The zero-order chi connectivity index (χ0) is 12.9. The van der Waals surface area contributed by atoms with Gasteiger partial charge in [-0.3, -0.25) is 10.1 Å². The monoisotopic (exact) mass is 273 g/mol. The third-order valence-corrected chi connectivity index (χ3v) is 4.55. The summed E-state index contributed by atoms with van der Waals surface area (Å²) in [6.45, 7) is 5.69. The standard InChI is InChI=1S/C12H19NO2S2/c1-9(2)13-12(3,11(14)15)6-8-17-10-5-4-7-16-10/h4-5,7,9,13H,6,8H2,1-3H3,(H,14,15). The van der Waals surface area contributed by atoms with Crippen molar-refractivity contribution in [3.05, 3.63) is 17.5 Å². The van der Waals surface area contributed by atoms with Crippen LogP contribution in [0.25, 0.3) is 0 Å². The topological polar surface area (TPSA) is 49.3 Å². The van der Waals surface area contributed by atoms with Crippen LogP contribution in [0.1, 0.15) is 27.2 Å². The summed E-state index contributed by atoms with van der Waals surface area (Å²) >= 11 is 3.40. The molecule has 0 fully saturated rings. The van der Waals surface area contributed by atoms with Gasteiger partial charge >= 0.3 is 5.97 Å². The van der Waals surface area contributed by atoms with Gasteiger partial charge in [0.15, 0.2) is 0 Å². The van der Waals surface area contributed by atoms with E-state index in [2.05, 4.69) is 11.4 Å². The molecular weight excluding hydrogens is 254 g/mol. The number of nitrogens with one attached hydrogen (secondary N) is 1. The Morgan fingerprint density at radius 1 is 1.65 bits per heavy atom. The van der Waals surface area contributed by atoms with E-state index < -0.39 is 11.5 Å². The molecule has 1 rings (SSSR count). The van der Waals surface area contributed by atoms with Gasteiger partial charge in [0.25, 0.3) is 0 Å². The average molecular weight is 273 g/mol. The zero-order valence-corrected chi connectivity index (χ0v) is 12.0. The van der Waals surface area contributed by atoms with Crippen LogP contribution < -0.4 is 5.32 Å². The molecule has 0 saturated heterocycles. The molecular formula is C12H19NO2S2. The third kappa shape index (κ3) is 4.69. The van der Waals surface area contributed by atoms with Crippen molar-refractivity contribution in [3.8, 4) is 0 Å². The van der Waals surface area contributed by atoms with Crippen molar-refractivity contribution in [1.82, 2.24) is 5.32 Å². The molecule has 3 nitrogen and oxygen atoms in total. The number of carbonyl (C=O) groups is 1. The van der Waals surface area contributed by atoms with Crippen molar-refractivity contribution in [1.29, 1.82) is 0 Å². The molecule has 2 N–H and O–H groups in total. The van der Waals surface area contributed by atoms with Gasteiger partial charge in [-0.1, -0.05) is 6.07 Å². The lowest BCUT2D eigenvalue weighted by Crippen LogP contribution is -2.52. The molecule has 96 valence electrons. The number of thiophene rings is 1. The van der Waals surface area contributed by atoms with E-state index in [9.17, 15) is 9.90 Å². The van der Waals surface area contributed by atoms with Crippen molar-refractivity contribution >= 4 is 29.1 Å². The second kappa shape index (κ2) is 6.42. The summed E-state index contributed by atoms with van der Waals surface area (Å²) in [4.78, 5) is 11.3. The molecule has 0 aromatic carbocycles. The molecule has 17 heavy (non-hydrogen) atoms. The maximum absolute atomic E-state index is 11.3. The Kier molecular flexibility index (Phi) is 5.49. The SMILES string of the molecule is CC(C)NC(C)(CCSc1cccs1)C(=O)O. The zero-order valence-electron chi connectivity index (χ0n) is 10.4. The highest BCUT2D eigenvalue weighted by Gasteiger charge is 2.32. The molecule has 0 aliphatic carbocycles. The van der Waals surface area contributed by atoms with Crippen LogP contribution in [0.2, 0.25) is 0 Å². The molecule has 1 heterocycles. The predicted molar refractivity (Wildman–Crippen MR) is 74.0 cm³/mol. The van der Waals surface area contributed by atoms with Crippen molar-refractivity contribution in [2.75, 3.05) is 5.75 Å². The molecule has 0 radical (unpaired) electrons. The first-order chi connectivity index (χ1) is 7.94. The Bertz CT molecular complexity index is 351. The Labute approximate surface area is 111 Å². The first-order valence-electron chi connectivity index (χ1n) is 5.61. The normalized spacial score (nSPS) is 14.8. The number of carboxylic acid groups (broad SMARTS) is 1. The maximum Gasteiger partial charge on any atom is 0.323 e. The molecule has 0 aliphatic rings. The summed E-state index contributed by atoms with van der Waals surface area (Å²) in [6.07, 6.45) is 0.614. The molecule has 1 aromatic rings. The van der Waals surface area contributed by atoms with E-state index in [0.717, 1.165) is 5.75 Å². The van der Waals surface area contributed by atoms with E-state index in [0.29, 0.717) is 6.42 Å². The molecule has 0 spiro atoms. The lowest BCUT2D eigenvalue weighted by atomic mass is 9.98. The second-order valence-corrected chi connectivity index (χ2v) is 6.81. The summed E-state index contributed by atoms with van der Waals surface area (Å²) in [5, 5.41) is 14.4. The highest BCUT2D eigenvalue weighted by Crippen LogP contribution is 2.26. The number of aliphatic carboxylic acids is 1. The maximum atomic E-state index is 11.3. The number of carboxylic acids is 1. The summed E-state index contributed by atoms with van der Waals surface area (Å²) < 4.78 is 1.24. The first kappa shape index (κ1) is 14.5. The fourth-order valence-electron chi connectivity index (χ4n) is 1.58. The average Bonchev–Trinajstić information content (AvgIpc) is 2.69. The lowest BCUT2D eigenvalue weighted by molar-refractivity contribution is -0.144. The number of hydrogen-bond acceptors (Lipinski definition) is 4. The van der Waals surface area contributed by atoms with Gasteiger partial charge in [-0.25, -0.2) is 0 Å². The fourth-order valence-corrected chi connectivity index (χ4v) is 3.60. The lowest BCUT2D eigenvalue weighted by Gasteiger charge is -2.28. The van der Waals surface area contributed by atoms with Crippen molar-refractivity contribution in [2.45, 2.75) is 43.0 Å². The Hall–Kier alpha value is -0.520. The van der Waals surface area contributed by atoms with Crippen molar-refractivity contribution in [3.63, 3.8) is 0 Å². The van der Waals surface area contributed by atoms with E-state index in [1.807, 2.05) is 25.3 Å². The van der Waals surface area contributed by atoms with E-state index in [4.69, 9.17) is 0 Å². The van der Waals surface area contributed by atoms with Crippen LogP contribution >= 0.6 is 23.1 Å². The van der Waals surface area contributed by atoms with Crippen LogP contribution in [0.3, 0.4) is 0 Å². The smallest absolute Gasteiger partial charge is 0.323 e. The minimum atomic E-state index is -0.835. The van der Waals surface area contributed by atoms with Gasteiger partial charge in [-0.15, -0.1) is 23.1 Å². The summed E-state index contributed by atoms with van der Waals surface area (Å²) in [5.41, 5.74) is -0.835. The minimum Gasteiger partial charge on any atom is -0.480 e. The van der Waals surface area contributed by atoms with E-state index >= 15 is 0 Å². The molecule has 0 amide bonds. The predicted octanol–water partition coefficient (Wildman–Crippen LogP) is 3.07. The summed E-state index contributed by atoms with van der Waals surface area (Å²) in [6, 6.07) is 4.24. The third-order valence-electron chi connectivity index (χ3n) is 2.42. The van der Waals surface area contributed by atoms with Crippen molar-refractivity contribution in [2.24, 2.45) is 0 Å². The van der Waals surface area contributed by atoms with Crippen LogP contribution in [-0.4, -0.2) is 28.4 Å². The molecule has 1 aromatic heterocycles. The van der Waals surface area contributed by atoms with Crippen LogP contribution in [0.4, 0.5) is 0 Å². The molecule has 0 aliphatic heterocycles. The molecule has 5 heteroatoms. The van der Waals surface area contributed by atoms with Gasteiger partial charge < -0.3 is 5.11 Å². The van der Waals surface area contributed by atoms with Crippen LogP contribution in [-0.2, 0) is 4.79 Å². The summed E-state index contributed by atoms with van der Waals surface area (Å²) in [7, 11) is 0. The van der Waals surface area contributed by atoms with Crippen LogP contribution in [0.5, 0.6) is 0 Å². The van der Waals surface area contributed by atoms with Gasteiger partial charge in [-0.2, -0.15) is 0 Å². The number of thioether (sulfide) groups is 1. The summed E-state index contributed by atoms with van der Waals surface area (Å²) in [5.74, 6) is 0.0289. The Balaban J connectivity index is 2.47. The highest BCUT2D eigenvalue weighted by atomic mass is 32.2. The number of rotatable bonds is 7. The van der Waals surface area contributed by atoms with Gasteiger partial charge in [-0.05, 0) is 38.6 Å². The first-order valence-corrected chi connectivity index (χ1v) is 7.48. The molecule has 0 bridgehead atoms. The van der Waals surface area contributed by atoms with Gasteiger partial charge in [0.2, 0.25) is 0 Å². The largest absolute Gasteiger partial charge is 0.480 e. The minimum absolute atomic E-state index is 0.169. The van der Waals surface area contributed by atoms with Crippen molar-refractivity contribution < 1.29 is 9.90 Å². The van der Waals surface area contributed by atoms with Gasteiger partial charge in [0, 0.05) is 11.8 Å². The van der Waals surface area contributed by atoms with E-state index in [1.165, 1.54) is 4.21 Å². The van der Waals surface area contributed by atoms with E-state index in [1.54, 1.807) is 30.0 Å². The molecule has 1 unspecified atom stereocenters. The fraction of sp³-hybridized carbons (Fsp3) is 0.583.